The van der Waals surface area contributed by atoms with Crippen molar-refractivity contribution in [3.05, 3.63) is 33.4 Å². The fourth-order valence-corrected chi connectivity index (χ4v) is 2.16. The van der Waals surface area contributed by atoms with Crippen LogP contribution in [-0.2, 0) is 10.3 Å². The molecule has 1 aromatic carbocycles. The third-order valence-corrected chi connectivity index (χ3v) is 3.62. The Kier molecular flexibility index (Phi) is 2.72. The maximum absolute atomic E-state index is 11.3. The van der Waals surface area contributed by atoms with Crippen LogP contribution in [0.4, 0.5) is 0 Å². The number of carboxylic acid groups (broad SMARTS) is 1. The molecule has 1 atom stereocenters. The number of hydrogen-bond donors (Lipinski definition) is 2. The summed E-state index contributed by atoms with van der Waals surface area (Å²) >= 11 is 2.19. The van der Waals surface area contributed by atoms with Gasteiger partial charge in [-0.25, -0.2) is 4.79 Å². The average molecular weight is 317 g/mol. The first-order valence-corrected chi connectivity index (χ1v) is 5.91. The number of halogens is 1. The second-order valence-electron chi connectivity index (χ2n) is 3.96. The lowest BCUT2D eigenvalue weighted by molar-refractivity contribution is -0.144. The lowest BCUT2D eigenvalue weighted by Gasteiger charge is -2.25. The molecule has 0 radical (unpaired) electrons. The van der Waals surface area contributed by atoms with Crippen molar-refractivity contribution < 1.29 is 9.90 Å². The van der Waals surface area contributed by atoms with Gasteiger partial charge in [-0.2, -0.15) is 0 Å². The molecule has 3 N–H and O–H groups in total. The van der Waals surface area contributed by atoms with E-state index in [1.54, 1.807) is 0 Å². The molecule has 2 rings (SSSR count). The van der Waals surface area contributed by atoms with Crippen LogP contribution in [0, 0.1) is 9.49 Å². The van der Waals surface area contributed by atoms with Crippen LogP contribution in [-0.4, -0.2) is 11.1 Å². The highest BCUT2D eigenvalue weighted by atomic mass is 127. The minimum atomic E-state index is -1.19. The first kappa shape index (κ1) is 10.9. The Bertz CT molecular complexity index is 386. The Morgan fingerprint density at radius 2 is 1.93 bits per heavy atom. The van der Waals surface area contributed by atoms with E-state index >= 15 is 0 Å². The van der Waals surface area contributed by atoms with Crippen molar-refractivity contribution in [2.45, 2.75) is 18.4 Å². The molecule has 1 aromatic rings. The summed E-state index contributed by atoms with van der Waals surface area (Å²) in [6, 6.07) is 7.41. The van der Waals surface area contributed by atoms with Crippen molar-refractivity contribution in [1.82, 2.24) is 0 Å². The second-order valence-corrected chi connectivity index (χ2v) is 5.20. The molecule has 0 bridgehead atoms. The van der Waals surface area contributed by atoms with Crippen molar-refractivity contribution in [3.8, 4) is 0 Å². The van der Waals surface area contributed by atoms with Crippen LogP contribution in [0.3, 0.4) is 0 Å². The van der Waals surface area contributed by atoms with Crippen molar-refractivity contribution in [2.24, 2.45) is 11.7 Å². The summed E-state index contributed by atoms with van der Waals surface area (Å²) in [5.41, 5.74) is 5.53. The molecule has 1 aliphatic carbocycles. The largest absolute Gasteiger partial charge is 0.480 e. The topological polar surface area (TPSA) is 63.3 Å². The van der Waals surface area contributed by atoms with E-state index < -0.39 is 11.5 Å². The summed E-state index contributed by atoms with van der Waals surface area (Å²) in [4.78, 5) is 11.3. The quantitative estimate of drug-likeness (QED) is 0.838. The third-order valence-electron chi connectivity index (χ3n) is 2.90. The molecular weight excluding hydrogens is 305 g/mol. The summed E-state index contributed by atoms with van der Waals surface area (Å²) < 4.78 is 1.08. The Hall–Kier alpha value is -0.620. The Morgan fingerprint density at radius 1 is 1.40 bits per heavy atom. The molecule has 1 unspecified atom stereocenters. The zero-order valence-corrected chi connectivity index (χ0v) is 10.3. The van der Waals surface area contributed by atoms with E-state index in [1.165, 1.54) is 0 Å². The Morgan fingerprint density at radius 3 is 2.33 bits per heavy atom. The normalized spacial score (nSPS) is 19.6. The van der Waals surface area contributed by atoms with Gasteiger partial charge in [-0.1, -0.05) is 12.1 Å². The average Bonchev–Trinajstić information content (AvgIpc) is 3.00. The molecule has 0 aliphatic heterocycles. The van der Waals surface area contributed by atoms with Gasteiger partial charge >= 0.3 is 5.97 Å². The zero-order chi connectivity index (χ0) is 11.1. The lowest BCUT2D eigenvalue weighted by atomic mass is 9.86. The minimum Gasteiger partial charge on any atom is -0.480 e. The predicted molar refractivity (Wildman–Crippen MR) is 65.4 cm³/mol. The SMILES string of the molecule is NC(C(=O)O)(c1ccc(I)cc1)C1CC1. The predicted octanol–water partition coefficient (Wildman–Crippen LogP) is 1.94. The maximum atomic E-state index is 11.3. The molecule has 4 heteroatoms. The van der Waals surface area contributed by atoms with Gasteiger partial charge in [0.05, 0.1) is 0 Å². The van der Waals surface area contributed by atoms with Gasteiger partial charge in [0.2, 0.25) is 0 Å². The van der Waals surface area contributed by atoms with Crippen LogP contribution >= 0.6 is 22.6 Å². The fourth-order valence-electron chi connectivity index (χ4n) is 1.80. The highest BCUT2D eigenvalue weighted by Crippen LogP contribution is 2.44. The molecule has 1 fully saturated rings. The van der Waals surface area contributed by atoms with Crippen LogP contribution in [0.1, 0.15) is 18.4 Å². The van der Waals surface area contributed by atoms with E-state index in [4.69, 9.17) is 5.73 Å². The monoisotopic (exact) mass is 317 g/mol. The molecule has 3 nitrogen and oxygen atoms in total. The van der Waals surface area contributed by atoms with E-state index in [1.807, 2.05) is 24.3 Å². The molecule has 1 saturated carbocycles. The highest BCUT2D eigenvalue weighted by molar-refractivity contribution is 14.1. The number of rotatable bonds is 3. The molecular formula is C11H12INO2. The summed E-state index contributed by atoms with van der Waals surface area (Å²) in [5, 5.41) is 9.24. The molecule has 15 heavy (non-hydrogen) atoms. The zero-order valence-electron chi connectivity index (χ0n) is 8.11. The van der Waals surface area contributed by atoms with Gasteiger partial charge < -0.3 is 10.8 Å². The van der Waals surface area contributed by atoms with Gasteiger partial charge in [0.25, 0.3) is 0 Å². The maximum Gasteiger partial charge on any atom is 0.328 e. The second kappa shape index (κ2) is 3.75. The molecule has 80 valence electrons. The van der Waals surface area contributed by atoms with E-state index in [9.17, 15) is 9.90 Å². The third kappa shape index (κ3) is 1.88. The standard InChI is InChI=1S/C11H12INO2/c12-9-5-3-8(4-6-9)11(13,10(14)15)7-1-2-7/h3-7H,1-2,13H2,(H,14,15). The molecule has 0 heterocycles. The molecule has 0 amide bonds. The van der Waals surface area contributed by atoms with Crippen molar-refractivity contribution in [1.29, 1.82) is 0 Å². The van der Waals surface area contributed by atoms with Crippen LogP contribution in [0.5, 0.6) is 0 Å². The van der Waals surface area contributed by atoms with E-state index in [0.717, 1.165) is 16.4 Å². The summed E-state index contributed by atoms with van der Waals surface area (Å²) in [5.74, 6) is -0.832. The van der Waals surface area contributed by atoms with E-state index in [0.29, 0.717) is 5.56 Å². The number of aliphatic carboxylic acids is 1. The van der Waals surface area contributed by atoms with Crippen molar-refractivity contribution >= 4 is 28.6 Å². The highest BCUT2D eigenvalue weighted by Gasteiger charge is 2.49. The Balaban J connectivity index is 2.40. The number of carbonyl (C=O) groups is 1. The van der Waals surface area contributed by atoms with E-state index in [-0.39, 0.29) is 5.92 Å². The summed E-state index contributed by atoms with van der Waals surface area (Å²) in [6.45, 7) is 0. The van der Waals surface area contributed by atoms with Crippen LogP contribution in [0.15, 0.2) is 24.3 Å². The van der Waals surface area contributed by atoms with Crippen LogP contribution < -0.4 is 5.73 Å². The van der Waals surface area contributed by atoms with Crippen LogP contribution in [0.25, 0.3) is 0 Å². The molecule has 0 aromatic heterocycles. The van der Waals surface area contributed by atoms with Gasteiger partial charge in [-0.15, -0.1) is 0 Å². The molecule has 0 saturated heterocycles. The van der Waals surface area contributed by atoms with Gasteiger partial charge in [0.1, 0.15) is 5.54 Å². The smallest absolute Gasteiger partial charge is 0.328 e. The lowest BCUT2D eigenvalue weighted by Crippen LogP contribution is -2.47. The first-order chi connectivity index (χ1) is 7.05. The van der Waals surface area contributed by atoms with E-state index in [2.05, 4.69) is 22.6 Å². The Labute approximate surface area is 102 Å². The summed E-state index contributed by atoms with van der Waals surface area (Å²) in [6.07, 6.45) is 1.82. The minimum absolute atomic E-state index is 0.0926. The van der Waals surface area contributed by atoms with Gasteiger partial charge in [-0.05, 0) is 59.0 Å². The van der Waals surface area contributed by atoms with Crippen LogP contribution in [0.2, 0.25) is 0 Å². The van der Waals surface area contributed by atoms with Gasteiger partial charge in [0.15, 0.2) is 0 Å². The molecule has 0 spiro atoms. The number of benzene rings is 1. The van der Waals surface area contributed by atoms with Crippen molar-refractivity contribution in [3.63, 3.8) is 0 Å². The first-order valence-electron chi connectivity index (χ1n) is 4.83. The van der Waals surface area contributed by atoms with Gasteiger partial charge in [-0.3, -0.25) is 0 Å². The number of nitrogens with two attached hydrogens (primary N) is 1. The van der Waals surface area contributed by atoms with Gasteiger partial charge in [0, 0.05) is 3.57 Å². The number of carboxylic acids is 1. The summed E-state index contributed by atoms with van der Waals surface area (Å²) in [7, 11) is 0. The fraction of sp³-hybridized carbons (Fsp3) is 0.364. The van der Waals surface area contributed by atoms with Crippen molar-refractivity contribution in [2.75, 3.05) is 0 Å². The molecule has 1 aliphatic rings. The number of hydrogen-bond acceptors (Lipinski definition) is 2.